The third-order valence-corrected chi connectivity index (χ3v) is 4.66. The highest BCUT2D eigenvalue weighted by Crippen LogP contribution is 2.21. The summed E-state index contributed by atoms with van der Waals surface area (Å²) in [7, 11) is -1.07. The Morgan fingerprint density at radius 3 is 2.50 bits per heavy atom. The van der Waals surface area contributed by atoms with E-state index in [1.54, 1.807) is 0 Å². The van der Waals surface area contributed by atoms with Crippen molar-refractivity contribution < 1.29 is 4.21 Å². The summed E-state index contributed by atoms with van der Waals surface area (Å²) in [6.45, 7) is 0. The molecule has 0 saturated carbocycles. The van der Waals surface area contributed by atoms with Gasteiger partial charge in [0.25, 0.3) is 0 Å². The molecule has 1 atom stereocenters. The largest absolute Gasteiger partial charge is 0.399 e. The van der Waals surface area contributed by atoms with E-state index in [1.807, 2.05) is 42.5 Å². The first-order chi connectivity index (χ1) is 8.54. The van der Waals surface area contributed by atoms with Crippen LogP contribution in [-0.4, -0.2) is 4.21 Å². The highest BCUT2D eigenvalue weighted by molar-refractivity contribution is 9.10. The van der Waals surface area contributed by atoms with E-state index >= 15 is 0 Å². The van der Waals surface area contributed by atoms with Crippen molar-refractivity contribution in [2.24, 2.45) is 0 Å². The Labute approximate surface area is 125 Å². The monoisotopic (exact) mass is 387 g/mol. The zero-order chi connectivity index (χ0) is 13.1. The molecular formula is C13H11Br2NOS. The van der Waals surface area contributed by atoms with Crippen LogP contribution in [0.2, 0.25) is 0 Å². The summed E-state index contributed by atoms with van der Waals surface area (Å²) < 4.78 is 14.1. The Morgan fingerprint density at radius 1 is 1.06 bits per heavy atom. The van der Waals surface area contributed by atoms with Crippen LogP contribution in [0.5, 0.6) is 0 Å². The van der Waals surface area contributed by atoms with E-state index in [4.69, 9.17) is 5.73 Å². The Kier molecular flexibility index (Phi) is 4.59. The third-order valence-electron chi connectivity index (χ3n) is 2.34. The zero-order valence-corrected chi connectivity index (χ0v) is 13.4. The first-order valence-electron chi connectivity index (χ1n) is 5.23. The Morgan fingerprint density at radius 2 is 1.83 bits per heavy atom. The van der Waals surface area contributed by atoms with Gasteiger partial charge < -0.3 is 5.73 Å². The van der Waals surface area contributed by atoms with Crippen LogP contribution in [0.25, 0.3) is 0 Å². The van der Waals surface area contributed by atoms with E-state index in [0.717, 1.165) is 19.4 Å². The van der Waals surface area contributed by atoms with Gasteiger partial charge in [-0.25, -0.2) is 0 Å². The molecule has 0 bridgehead atoms. The molecule has 0 aliphatic rings. The molecule has 2 N–H and O–H groups in total. The Hall–Kier alpha value is -0.650. The molecule has 0 aliphatic carbocycles. The van der Waals surface area contributed by atoms with Gasteiger partial charge in [0.05, 0.1) is 16.6 Å². The Balaban J connectivity index is 2.21. The SMILES string of the molecule is Nc1cc(Br)cc(CS(=O)c2cccc(Br)c2)c1. The second-order valence-electron chi connectivity index (χ2n) is 3.84. The molecule has 0 heterocycles. The summed E-state index contributed by atoms with van der Waals surface area (Å²) in [5, 5.41) is 0. The molecule has 2 rings (SSSR count). The molecule has 0 amide bonds. The summed E-state index contributed by atoms with van der Waals surface area (Å²) >= 11 is 6.76. The van der Waals surface area contributed by atoms with Gasteiger partial charge in [0.2, 0.25) is 0 Å². The minimum absolute atomic E-state index is 0.458. The fourth-order valence-corrected chi connectivity index (χ4v) is 3.84. The minimum Gasteiger partial charge on any atom is -0.399 e. The molecule has 2 aromatic rings. The standard InChI is InChI=1S/C13H11Br2NOS/c14-10-2-1-3-13(7-10)18(17)8-9-4-11(15)6-12(16)5-9/h1-7H,8,16H2. The van der Waals surface area contributed by atoms with Crippen LogP contribution in [0.3, 0.4) is 0 Å². The van der Waals surface area contributed by atoms with Crippen molar-refractivity contribution in [1.82, 2.24) is 0 Å². The predicted octanol–water partition coefficient (Wildman–Crippen LogP) is 4.10. The van der Waals surface area contributed by atoms with Crippen molar-refractivity contribution >= 4 is 48.3 Å². The maximum Gasteiger partial charge on any atom is 0.0574 e. The lowest BCUT2D eigenvalue weighted by Crippen LogP contribution is -1.98. The van der Waals surface area contributed by atoms with Crippen molar-refractivity contribution in [3.63, 3.8) is 0 Å². The highest BCUT2D eigenvalue weighted by Gasteiger charge is 2.07. The van der Waals surface area contributed by atoms with Gasteiger partial charge in [-0.15, -0.1) is 0 Å². The van der Waals surface area contributed by atoms with Crippen LogP contribution in [-0.2, 0) is 16.6 Å². The molecule has 0 aliphatic heterocycles. The van der Waals surface area contributed by atoms with Gasteiger partial charge in [-0.2, -0.15) is 0 Å². The summed E-state index contributed by atoms with van der Waals surface area (Å²) in [6, 6.07) is 13.1. The molecule has 0 spiro atoms. The lowest BCUT2D eigenvalue weighted by Gasteiger charge is -2.05. The molecule has 94 valence electrons. The van der Waals surface area contributed by atoms with E-state index in [2.05, 4.69) is 31.9 Å². The molecular weight excluding hydrogens is 378 g/mol. The van der Waals surface area contributed by atoms with Gasteiger partial charge in [0.1, 0.15) is 0 Å². The number of nitrogen functional groups attached to an aromatic ring is 1. The van der Waals surface area contributed by atoms with Gasteiger partial charge in [0.15, 0.2) is 0 Å². The average Bonchev–Trinajstić information content (AvgIpc) is 2.27. The minimum atomic E-state index is -1.07. The number of benzene rings is 2. The van der Waals surface area contributed by atoms with Crippen molar-refractivity contribution in [2.75, 3.05) is 5.73 Å². The molecule has 2 aromatic carbocycles. The van der Waals surface area contributed by atoms with E-state index in [9.17, 15) is 4.21 Å². The van der Waals surface area contributed by atoms with Gasteiger partial charge in [-0.1, -0.05) is 37.9 Å². The lowest BCUT2D eigenvalue weighted by atomic mass is 10.2. The number of halogens is 2. The number of hydrogen-bond donors (Lipinski definition) is 1. The van der Waals surface area contributed by atoms with Crippen LogP contribution in [0.4, 0.5) is 5.69 Å². The van der Waals surface area contributed by atoms with E-state index in [0.29, 0.717) is 11.4 Å². The first kappa shape index (κ1) is 13.8. The molecule has 0 radical (unpaired) electrons. The van der Waals surface area contributed by atoms with Gasteiger partial charge in [-0.3, -0.25) is 4.21 Å². The smallest absolute Gasteiger partial charge is 0.0574 e. The van der Waals surface area contributed by atoms with Crippen LogP contribution in [0, 0.1) is 0 Å². The lowest BCUT2D eigenvalue weighted by molar-refractivity contribution is 0.682. The maximum atomic E-state index is 12.2. The second-order valence-corrected chi connectivity index (χ2v) is 7.12. The molecule has 2 nitrogen and oxygen atoms in total. The molecule has 0 aromatic heterocycles. The van der Waals surface area contributed by atoms with E-state index < -0.39 is 10.8 Å². The number of hydrogen-bond acceptors (Lipinski definition) is 2. The van der Waals surface area contributed by atoms with Crippen LogP contribution < -0.4 is 5.73 Å². The van der Waals surface area contributed by atoms with E-state index in [1.165, 1.54) is 0 Å². The van der Waals surface area contributed by atoms with Crippen LogP contribution >= 0.6 is 31.9 Å². The van der Waals surface area contributed by atoms with Gasteiger partial charge in [-0.05, 0) is 42.0 Å². The predicted molar refractivity (Wildman–Crippen MR) is 82.8 cm³/mol. The normalized spacial score (nSPS) is 12.3. The summed E-state index contributed by atoms with van der Waals surface area (Å²) in [5.41, 5.74) is 7.39. The van der Waals surface area contributed by atoms with Crippen LogP contribution in [0.1, 0.15) is 5.56 Å². The fourth-order valence-electron chi connectivity index (χ4n) is 1.60. The highest BCUT2D eigenvalue weighted by atomic mass is 79.9. The summed E-state index contributed by atoms with van der Waals surface area (Å²) in [6.07, 6.45) is 0. The van der Waals surface area contributed by atoms with Gasteiger partial charge in [0, 0.05) is 19.5 Å². The number of rotatable bonds is 3. The topological polar surface area (TPSA) is 43.1 Å². The molecule has 0 fully saturated rings. The average molecular weight is 389 g/mol. The van der Waals surface area contributed by atoms with Crippen LogP contribution in [0.15, 0.2) is 56.3 Å². The van der Waals surface area contributed by atoms with E-state index in [-0.39, 0.29) is 0 Å². The summed E-state index contributed by atoms with van der Waals surface area (Å²) in [4.78, 5) is 0.808. The first-order valence-corrected chi connectivity index (χ1v) is 8.14. The number of nitrogens with two attached hydrogens (primary N) is 1. The molecule has 1 unspecified atom stereocenters. The molecule has 18 heavy (non-hydrogen) atoms. The third kappa shape index (κ3) is 3.67. The van der Waals surface area contributed by atoms with Gasteiger partial charge >= 0.3 is 0 Å². The summed E-state index contributed by atoms with van der Waals surface area (Å²) in [5.74, 6) is 0.458. The van der Waals surface area contributed by atoms with Crippen molar-refractivity contribution in [2.45, 2.75) is 10.6 Å². The quantitative estimate of drug-likeness (QED) is 0.804. The molecule has 0 saturated heterocycles. The fraction of sp³-hybridized carbons (Fsp3) is 0.0769. The van der Waals surface area contributed by atoms with Crippen molar-refractivity contribution in [3.8, 4) is 0 Å². The second kappa shape index (κ2) is 5.99. The maximum absolute atomic E-state index is 12.2. The molecule has 5 heteroatoms. The van der Waals surface area contributed by atoms with Crippen molar-refractivity contribution in [1.29, 1.82) is 0 Å². The number of anilines is 1. The zero-order valence-electron chi connectivity index (χ0n) is 9.40. The van der Waals surface area contributed by atoms with Crippen molar-refractivity contribution in [3.05, 3.63) is 57.0 Å². The Bertz CT molecular complexity index is 581.